The van der Waals surface area contributed by atoms with Gasteiger partial charge in [-0.05, 0) is 18.8 Å². The van der Waals surface area contributed by atoms with Crippen LogP contribution >= 0.6 is 12.4 Å². The molecule has 1 aliphatic rings. The molecule has 0 aliphatic heterocycles. The average Bonchev–Trinajstić information content (AvgIpc) is 1.89. The molecule has 1 aliphatic carbocycles. The molecule has 0 saturated heterocycles. The van der Waals surface area contributed by atoms with Gasteiger partial charge in [-0.2, -0.15) is 0 Å². The molecule has 3 heteroatoms. The Morgan fingerprint density at radius 3 is 2.30 bits per heavy atom. The first-order valence-corrected chi connectivity index (χ1v) is 3.71. The van der Waals surface area contributed by atoms with Crippen molar-refractivity contribution in [2.45, 2.75) is 31.7 Å². The highest BCUT2D eigenvalue weighted by atomic mass is 35.5. The average molecular weight is 166 g/mol. The summed E-state index contributed by atoms with van der Waals surface area (Å²) in [7, 11) is 0. The van der Waals surface area contributed by atoms with Crippen LogP contribution in [-0.4, -0.2) is 17.8 Å². The maximum absolute atomic E-state index is 8.78. The van der Waals surface area contributed by atoms with Crippen molar-refractivity contribution in [3.63, 3.8) is 0 Å². The predicted octanol–water partition coefficient (Wildman–Crippen LogP) is 0.918. The third kappa shape index (κ3) is 2.45. The van der Waals surface area contributed by atoms with Gasteiger partial charge in [-0.1, -0.05) is 12.8 Å². The minimum atomic E-state index is 0. The van der Waals surface area contributed by atoms with Gasteiger partial charge in [0.05, 0.1) is 0 Å². The van der Waals surface area contributed by atoms with E-state index < -0.39 is 0 Å². The third-order valence-corrected chi connectivity index (χ3v) is 2.20. The van der Waals surface area contributed by atoms with Crippen LogP contribution in [0.5, 0.6) is 0 Å². The molecule has 0 unspecified atom stereocenters. The molecule has 0 bridgehead atoms. The molecule has 0 aromatic heterocycles. The van der Waals surface area contributed by atoms with E-state index >= 15 is 0 Å². The quantitative estimate of drug-likeness (QED) is 0.607. The van der Waals surface area contributed by atoms with Crippen molar-refractivity contribution < 1.29 is 5.11 Å². The van der Waals surface area contributed by atoms with Gasteiger partial charge in [0, 0.05) is 12.6 Å². The molecule has 0 heterocycles. The van der Waals surface area contributed by atoms with Crippen LogP contribution in [0.3, 0.4) is 0 Å². The van der Waals surface area contributed by atoms with Crippen molar-refractivity contribution in [2.75, 3.05) is 6.61 Å². The highest BCUT2D eigenvalue weighted by Crippen LogP contribution is 2.21. The van der Waals surface area contributed by atoms with Gasteiger partial charge in [-0.3, -0.25) is 0 Å². The van der Waals surface area contributed by atoms with E-state index in [0.717, 1.165) is 12.8 Å². The first kappa shape index (κ1) is 10.2. The van der Waals surface area contributed by atoms with Gasteiger partial charge >= 0.3 is 0 Å². The molecule has 3 N–H and O–H groups in total. The second-order valence-electron chi connectivity index (χ2n) is 2.89. The molecule has 0 aromatic rings. The first-order chi connectivity index (χ1) is 4.34. The summed E-state index contributed by atoms with van der Waals surface area (Å²) in [5, 5.41) is 8.78. The van der Waals surface area contributed by atoms with Crippen molar-refractivity contribution in [3.05, 3.63) is 0 Å². The van der Waals surface area contributed by atoms with Gasteiger partial charge < -0.3 is 10.8 Å². The highest BCUT2D eigenvalue weighted by molar-refractivity contribution is 5.85. The predicted molar refractivity (Wildman–Crippen MR) is 44.3 cm³/mol. The van der Waals surface area contributed by atoms with Crippen LogP contribution < -0.4 is 5.73 Å². The summed E-state index contributed by atoms with van der Waals surface area (Å²) in [5.74, 6) is 0.388. The van der Waals surface area contributed by atoms with Gasteiger partial charge in [-0.15, -0.1) is 12.4 Å². The number of halogens is 1. The SMILES string of the molecule is Cl.N[C@H]1CCCC[C@@H]1CO. The minimum absolute atomic E-state index is 0. The van der Waals surface area contributed by atoms with Crippen LogP contribution in [0.4, 0.5) is 0 Å². The van der Waals surface area contributed by atoms with E-state index in [9.17, 15) is 0 Å². The molecule has 2 atom stereocenters. The standard InChI is InChI=1S/C7H15NO.ClH/c8-7-4-2-1-3-6(7)5-9;/h6-7,9H,1-5,8H2;1H/t6-,7+;/m1./s1. The molecule has 2 nitrogen and oxygen atoms in total. The Balaban J connectivity index is 0.000000810. The van der Waals surface area contributed by atoms with E-state index in [1.165, 1.54) is 12.8 Å². The zero-order valence-corrected chi connectivity index (χ0v) is 6.94. The Morgan fingerprint density at radius 1 is 1.30 bits per heavy atom. The summed E-state index contributed by atoms with van der Waals surface area (Å²) < 4.78 is 0. The summed E-state index contributed by atoms with van der Waals surface area (Å²) >= 11 is 0. The Kier molecular flexibility index (Phi) is 5.04. The van der Waals surface area contributed by atoms with E-state index in [0.29, 0.717) is 5.92 Å². The Morgan fingerprint density at radius 2 is 1.90 bits per heavy atom. The number of rotatable bonds is 1. The summed E-state index contributed by atoms with van der Waals surface area (Å²) in [6.07, 6.45) is 4.72. The Bertz CT molecular complexity index is 89.7. The lowest BCUT2D eigenvalue weighted by Gasteiger charge is -2.26. The lowest BCUT2D eigenvalue weighted by molar-refractivity contribution is 0.171. The zero-order valence-electron chi connectivity index (χ0n) is 6.12. The monoisotopic (exact) mass is 165 g/mol. The molecular formula is C7H16ClNO. The Labute approximate surface area is 68.2 Å². The maximum Gasteiger partial charge on any atom is 0.0474 e. The maximum atomic E-state index is 8.78. The molecule has 1 rings (SSSR count). The largest absolute Gasteiger partial charge is 0.396 e. The van der Waals surface area contributed by atoms with E-state index in [4.69, 9.17) is 10.8 Å². The number of aliphatic hydroxyl groups is 1. The molecular weight excluding hydrogens is 150 g/mol. The number of aliphatic hydroxyl groups excluding tert-OH is 1. The lowest BCUT2D eigenvalue weighted by Crippen LogP contribution is -2.34. The molecule has 1 saturated carbocycles. The van der Waals surface area contributed by atoms with Crippen LogP contribution in [0.15, 0.2) is 0 Å². The number of hydrogen-bond acceptors (Lipinski definition) is 2. The highest BCUT2D eigenvalue weighted by Gasteiger charge is 2.19. The topological polar surface area (TPSA) is 46.2 Å². The summed E-state index contributed by atoms with van der Waals surface area (Å²) in [6, 6.07) is 0.267. The normalized spacial score (nSPS) is 33.0. The first-order valence-electron chi connectivity index (χ1n) is 3.71. The van der Waals surface area contributed by atoms with Crippen LogP contribution in [0.1, 0.15) is 25.7 Å². The fourth-order valence-corrected chi connectivity index (χ4v) is 1.46. The van der Waals surface area contributed by atoms with Crippen molar-refractivity contribution in [3.8, 4) is 0 Å². The molecule has 1 fully saturated rings. The van der Waals surface area contributed by atoms with E-state index in [1.807, 2.05) is 0 Å². The molecule has 0 radical (unpaired) electrons. The number of hydrogen-bond donors (Lipinski definition) is 2. The van der Waals surface area contributed by atoms with E-state index in [-0.39, 0.29) is 25.1 Å². The second kappa shape index (κ2) is 4.94. The molecule has 62 valence electrons. The lowest BCUT2D eigenvalue weighted by atomic mass is 9.86. The van der Waals surface area contributed by atoms with E-state index in [1.54, 1.807) is 0 Å². The molecule has 10 heavy (non-hydrogen) atoms. The van der Waals surface area contributed by atoms with Gasteiger partial charge in [0.15, 0.2) is 0 Å². The van der Waals surface area contributed by atoms with Gasteiger partial charge in [0.2, 0.25) is 0 Å². The second-order valence-corrected chi connectivity index (χ2v) is 2.89. The van der Waals surface area contributed by atoms with Crippen LogP contribution in [-0.2, 0) is 0 Å². The van der Waals surface area contributed by atoms with Crippen LogP contribution in [0.25, 0.3) is 0 Å². The smallest absolute Gasteiger partial charge is 0.0474 e. The fraction of sp³-hybridized carbons (Fsp3) is 1.00. The molecule has 0 amide bonds. The fourth-order valence-electron chi connectivity index (χ4n) is 1.46. The van der Waals surface area contributed by atoms with Crippen molar-refractivity contribution >= 4 is 12.4 Å². The van der Waals surface area contributed by atoms with Crippen LogP contribution in [0, 0.1) is 5.92 Å². The van der Waals surface area contributed by atoms with E-state index in [2.05, 4.69) is 0 Å². The molecule has 0 spiro atoms. The Hall–Kier alpha value is 0.210. The zero-order chi connectivity index (χ0) is 6.69. The van der Waals surface area contributed by atoms with Crippen LogP contribution in [0.2, 0.25) is 0 Å². The summed E-state index contributed by atoms with van der Waals surface area (Å²) in [5.41, 5.74) is 5.73. The van der Waals surface area contributed by atoms with Gasteiger partial charge in [-0.25, -0.2) is 0 Å². The van der Waals surface area contributed by atoms with Crippen molar-refractivity contribution in [1.82, 2.24) is 0 Å². The summed E-state index contributed by atoms with van der Waals surface area (Å²) in [6.45, 7) is 0.279. The minimum Gasteiger partial charge on any atom is -0.396 e. The molecule has 0 aromatic carbocycles. The van der Waals surface area contributed by atoms with Crippen molar-refractivity contribution in [1.29, 1.82) is 0 Å². The number of nitrogens with two attached hydrogens (primary N) is 1. The van der Waals surface area contributed by atoms with Gasteiger partial charge in [0.1, 0.15) is 0 Å². The third-order valence-electron chi connectivity index (χ3n) is 2.20. The van der Waals surface area contributed by atoms with Gasteiger partial charge in [0.25, 0.3) is 0 Å². The van der Waals surface area contributed by atoms with Crippen molar-refractivity contribution in [2.24, 2.45) is 11.7 Å². The summed E-state index contributed by atoms with van der Waals surface area (Å²) in [4.78, 5) is 0.